The van der Waals surface area contributed by atoms with Crippen molar-refractivity contribution in [2.75, 3.05) is 0 Å². The van der Waals surface area contributed by atoms with Crippen molar-refractivity contribution in [3.05, 3.63) is 181 Å². The maximum Gasteiger partial charge on any atom is 0.238 e. The van der Waals surface area contributed by atoms with Crippen LogP contribution in [0.1, 0.15) is 0 Å². The summed E-state index contributed by atoms with van der Waals surface area (Å²) < 4.78 is 34.0. The molecule has 0 fully saturated rings. The molecule has 5 aromatic rings. The normalized spacial score (nSPS) is 11.3. The standard InChI is InChI=1S/2C11H9N3.C6H5N2O.C6H6.ClHO4.Ru/c2*1-2-6-10(7-3-1)13-14-11-8-4-5-9-12-11;7-5-3-1-2-4-6(5)8-9;1-2-4-6-5-3-1;2-1(3,4)5;/h2*1-9H;1-4,7H;1-6H;(H,2,3,4,5);/q;;+1;;;/p-1. The SMILES string of the molecule is N=C1C=C[CH+]C=C1N=O.[O-][Cl+3]([O-])([O-])[O-].[Ru].c1ccc(N=Nc2ccccn2)cc1.c1ccc(N=Nc2ccccn2)cc1.c1ccccc1. The minimum absolute atomic E-state index is 0. The van der Waals surface area contributed by atoms with Gasteiger partial charge in [0.2, 0.25) is 5.70 Å². The largest absolute Gasteiger partial charge is 0.273 e. The van der Waals surface area contributed by atoms with Gasteiger partial charge < -0.3 is 0 Å². The van der Waals surface area contributed by atoms with E-state index < -0.39 is 10.2 Å². The third kappa shape index (κ3) is 22.7. The summed E-state index contributed by atoms with van der Waals surface area (Å²) in [6.07, 6.45) is 9.79. The third-order valence-electron chi connectivity index (χ3n) is 5.02. The van der Waals surface area contributed by atoms with Crippen LogP contribution in [-0.2, 0) is 19.5 Å². The molecule has 250 valence electrons. The van der Waals surface area contributed by atoms with Crippen molar-refractivity contribution in [3.8, 4) is 0 Å². The number of azo groups is 2. The fourth-order valence-corrected chi connectivity index (χ4v) is 2.97. The van der Waals surface area contributed by atoms with Crippen molar-refractivity contribution in [2.45, 2.75) is 0 Å². The molecule has 1 aliphatic rings. The molecule has 15 heteroatoms. The Labute approximate surface area is 298 Å². The predicted molar refractivity (Wildman–Crippen MR) is 171 cm³/mol. The van der Waals surface area contributed by atoms with Gasteiger partial charge in [0.15, 0.2) is 17.3 Å². The first-order valence-corrected chi connectivity index (χ1v) is 15.0. The molecule has 0 atom stereocenters. The average Bonchev–Trinajstić information content (AvgIpc) is 3.13. The van der Waals surface area contributed by atoms with E-state index in [-0.39, 0.29) is 30.9 Å². The number of aromatic nitrogens is 2. The molecule has 0 radical (unpaired) electrons. The van der Waals surface area contributed by atoms with Crippen molar-refractivity contribution in [1.82, 2.24) is 9.97 Å². The van der Waals surface area contributed by atoms with Crippen LogP contribution in [0.2, 0.25) is 0 Å². The van der Waals surface area contributed by atoms with Crippen LogP contribution in [-0.4, -0.2) is 15.7 Å². The summed E-state index contributed by atoms with van der Waals surface area (Å²) in [5, 5.41) is 25.8. The molecular weight excluding hydrogens is 737 g/mol. The number of halogens is 1. The van der Waals surface area contributed by atoms with Gasteiger partial charge in [-0.25, -0.2) is 28.6 Å². The number of rotatable bonds is 5. The molecule has 6 rings (SSSR count). The molecule has 3 aromatic carbocycles. The smallest absolute Gasteiger partial charge is 0.238 e. The van der Waals surface area contributed by atoms with E-state index in [9.17, 15) is 4.91 Å². The number of allylic oxidation sites excluding steroid dienone is 3. The van der Waals surface area contributed by atoms with E-state index >= 15 is 0 Å². The number of hydrogen-bond donors (Lipinski definition) is 1. The fraction of sp³-hybridized carbons (Fsp3) is 0. The zero-order valence-electron chi connectivity index (χ0n) is 25.6. The maximum absolute atomic E-state index is 9.86. The van der Waals surface area contributed by atoms with Crippen LogP contribution in [0, 0.1) is 27.0 Å². The van der Waals surface area contributed by atoms with Crippen LogP contribution < -0.4 is 18.6 Å². The fourth-order valence-electron chi connectivity index (χ4n) is 2.97. The summed E-state index contributed by atoms with van der Waals surface area (Å²) in [6, 6.07) is 42.2. The van der Waals surface area contributed by atoms with Gasteiger partial charge in [-0.05, 0) is 48.5 Å². The van der Waals surface area contributed by atoms with Crippen molar-refractivity contribution in [1.29, 1.82) is 5.41 Å². The summed E-state index contributed by atoms with van der Waals surface area (Å²) in [7, 11) is -4.94. The average molecular weight is 766 g/mol. The first-order chi connectivity index (χ1) is 23.2. The molecule has 49 heavy (non-hydrogen) atoms. The van der Waals surface area contributed by atoms with Gasteiger partial charge in [-0.2, -0.15) is 0 Å². The molecule has 13 nitrogen and oxygen atoms in total. The van der Waals surface area contributed by atoms with Gasteiger partial charge in [-0.15, -0.1) is 35.6 Å². The third-order valence-corrected chi connectivity index (χ3v) is 5.02. The van der Waals surface area contributed by atoms with E-state index in [0.29, 0.717) is 11.6 Å². The second-order valence-corrected chi connectivity index (χ2v) is 9.34. The molecule has 2 heterocycles. The number of benzene rings is 3. The van der Waals surface area contributed by atoms with Crippen LogP contribution in [0.15, 0.2) is 195 Å². The minimum Gasteiger partial charge on any atom is -0.273 e. The van der Waals surface area contributed by atoms with Crippen LogP contribution in [0.25, 0.3) is 0 Å². The molecule has 1 N–H and O–H groups in total. The Morgan fingerprint density at radius 2 is 0.939 bits per heavy atom. The summed E-state index contributed by atoms with van der Waals surface area (Å²) in [6.45, 7) is 0. The number of hydrogen-bond acceptors (Lipinski definition) is 13. The van der Waals surface area contributed by atoms with Gasteiger partial charge in [-0.3, -0.25) is 5.41 Å². The van der Waals surface area contributed by atoms with Crippen molar-refractivity contribution < 1.29 is 48.4 Å². The predicted octanol–water partition coefficient (Wildman–Crippen LogP) is 5.35. The van der Waals surface area contributed by atoms with Gasteiger partial charge >= 0.3 is 0 Å². The number of nitrogens with zero attached hydrogens (tertiary/aromatic N) is 7. The van der Waals surface area contributed by atoms with E-state index in [4.69, 9.17) is 24.0 Å². The summed E-state index contributed by atoms with van der Waals surface area (Å²) in [5.41, 5.74) is 2.03. The zero-order chi connectivity index (χ0) is 34.7. The molecule has 0 aliphatic heterocycles. The molecular formula is C34H29ClN8O5Ru. The Balaban J connectivity index is 0.000000322. The molecule has 0 amide bonds. The molecule has 0 spiro atoms. The Hall–Kier alpha value is -5.47. The van der Waals surface area contributed by atoms with Gasteiger partial charge in [-0.1, -0.05) is 84.9 Å². The zero-order valence-corrected chi connectivity index (χ0v) is 28.1. The van der Waals surface area contributed by atoms with E-state index in [0.717, 1.165) is 11.4 Å². The van der Waals surface area contributed by atoms with Crippen LogP contribution >= 0.6 is 0 Å². The van der Waals surface area contributed by atoms with Crippen molar-refractivity contribution in [2.24, 2.45) is 25.6 Å². The minimum atomic E-state index is -4.94. The van der Waals surface area contributed by atoms with E-state index in [1.165, 1.54) is 12.2 Å². The van der Waals surface area contributed by atoms with Gasteiger partial charge in [0.25, 0.3) is 0 Å². The first kappa shape index (κ1) is 41.6. The second-order valence-electron chi connectivity index (χ2n) is 8.59. The van der Waals surface area contributed by atoms with Crippen molar-refractivity contribution >= 4 is 28.7 Å². The van der Waals surface area contributed by atoms with Crippen molar-refractivity contribution in [3.63, 3.8) is 0 Å². The Morgan fingerprint density at radius 1 is 0.571 bits per heavy atom. The Bertz CT molecular complexity index is 1510. The molecule has 0 saturated heterocycles. The van der Waals surface area contributed by atoms with Crippen LogP contribution in [0.3, 0.4) is 0 Å². The quantitative estimate of drug-likeness (QED) is 0.107. The summed E-state index contributed by atoms with van der Waals surface area (Å²) in [5.74, 6) is 1.24. The van der Waals surface area contributed by atoms with E-state index in [1.807, 2.05) is 133 Å². The molecule has 2 aromatic heterocycles. The van der Waals surface area contributed by atoms with Crippen LogP contribution in [0.4, 0.5) is 23.0 Å². The number of nitrogens with one attached hydrogen (secondary N) is 1. The van der Waals surface area contributed by atoms with Gasteiger partial charge in [0, 0.05) is 43.5 Å². The first-order valence-electron chi connectivity index (χ1n) is 13.8. The molecule has 1 aliphatic carbocycles. The van der Waals surface area contributed by atoms with Gasteiger partial charge in [0.05, 0.1) is 29.6 Å². The Kier molecular flexibility index (Phi) is 21.7. The molecule has 0 bridgehead atoms. The van der Waals surface area contributed by atoms with Gasteiger partial charge in [0.1, 0.15) is 0 Å². The monoisotopic (exact) mass is 766 g/mol. The molecule has 0 saturated carbocycles. The topological polar surface area (TPSA) is 221 Å². The summed E-state index contributed by atoms with van der Waals surface area (Å²) in [4.78, 5) is 17.9. The van der Waals surface area contributed by atoms with Crippen LogP contribution in [0.5, 0.6) is 0 Å². The van der Waals surface area contributed by atoms with E-state index in [1.54, 1.807) is 24.9 Å². The second kappa shape index (κ2) is 25.6. The Morgan fingerprint density at radius 3 is 1.24 bits per heavy atom. The molecule has 0 unspecified atom stereocenters. The maximum atomic E-state index is 9.86. The number of nitroso groups, excluding NO2 is 1. The van der Waals surface area contributed by atoms with E-state index in [2.05, 4.69) is 35.6 Å². The summed E-state index contributed by atoms with van der Waals surface area (Å²) >= 11 is 0. The number of pyridine rings is 2.